The smallest absolute Gasteiger partial charge is 0.406 e. The summed E-state index contributed by atoms with van der Waals surface area (Å²) in [5, 5.41) is 0. The van der Waals surface area contributed by atoms with Gasteiger partial charge >= 0.3 is 12.5 Å². The molecule has 1 amide bonds. The highest BCUT2D eigenvalue weighted by atomic mass is 32.2. The minimum Gasteiger partial charge on any atom is -0.406 e. The van der Waals surface area contributed by atoms with Crippen LogP contribution in [0, 0.1) is 5.92 Å². The number of sulfone groups is 1. The van der Waals surface area contributed by atoms with E-state index in [0.717, 1.165) is 41.6 Å². The van der Waals surface area contributed by atoms with Crippen molar-refractivity contribution in [3.05, 3.63) is 42.5 Å². The molecule has 3 rings (SSSR count). The molecular weight excluding hydrogens is 492 g/mol. The molecule has 0 bridgehead atoms. The first-order valence-electron chi connectivity index (χ1n) is 9.82. The lowest BCUT2D eigenvalue weighted by atomic mass is 9.85. The van der Waals surface area contributed by atoms with Crippen molar-refractivity contribution in [2.24, 2.45) is 5.92 Å². The summed E-state index contributed by atoms with van der Waals surface area (Å²) in [5.74, 6) is -3.32. The quantitative estimate of drug-likeness (QED) is 0.554. The number of piperidine rings is 1. The van der Waals surface area contributed by atoms with Crippen LogP contribution in [0.15, 0.2) is 41.6 Å². The van der Waals surface area contributed by atoms with E-state index in [4.69, 9.17) is 0 Å². The first kappa shape index (κ1) is 25.7. The molecule has 0 aliphatic carbocycles. The number of benzene rings is 1. The third-order valence-electron chi connectivity index (χ3n) is 5.65. The van der Waals surface area contributed by atoms with Gasteiger partial charge in [-0.25, -0.2) is 18.4 Å². The molecule has 1 aliphatic heterocycles. The maximum Gasteiger partial charge on any atom is 0.573 e. The van der Waals surface area contributed by atoms with Crippen LogP contribution < -0.4 is 9.64 Å². The topological polar surface area (TPSA) is 89.5 Å². The van der Waals surface area contributed by atoms with Crippen molar-refractivity contribution in [3.63, 3.8) is 0 Å². The van der Waals surface area contributed by atoms with Crippen LogP contribution >= 0.6 is 0 Å². The molecule has 2 heterocycles. The Bertz CT molecular complexity index is 1160. The zero-order valence-electron chi connectivity index (χ0n) is 17.8. The van der Waals surface area contributed by atoms with Crippen molar-refractivity contribution in [2.75, 3.05) is 11.4 Å². The van der Waals surface area contributed by atoms with E-state index >= 15 is 0 Å². The lowest BCUT2D eigenvalue weighted by Gasteiger charge is -2.39. The average Bonchev–Trinajstić information content (AvgIpc) is 2.72. The summed E-state index contributed by atoms with van der Waals surface area (Å²) in [6, 6.07) is 3.98. The lowest BCUT2D eigenvalue weighted by Crippen LogP contribution is -2.48. The maximum atomic E-state index is 13.3. The highest BCUT2D eigenvalue weighted by Gasteiger charge is 2.46. The predicted octanol–water partition coefficient (Wildman–Crippen LogP) is 4.39. The molecule has 0 saturated carbocycles. The average molecular weight is 511 g/mol. The van der Waals surface area contributed by atoms with Crippen LogP contribution in [0.3, 0.4) is 0 Å². The Labute approximate surface area is 190 Å². The number of anilines is 1. The molecule has 1 aliphatic rings. The number of carbonyl (C=O) groups is 1. The van der Waals surface area contributed by atoms with E-state index in [2.05, 4.69) is 14.7 Å². The Balaban J connectivity index is 1.79. The standard InChI is InChI=1S/C20H19F6N3O4S/c1-18(2,34(31,32)15-5-3-4-14(9-15)33-20(24,25)26)12-6-7-29(16(30)8-12)13-10-27-17(28-11-13)19(21,22)23/h3-5,9-12H,6-8H2,1-2H3/t12-/m0/s1. The second-order valence-corrected chi connectivity index (χ2v) is 10.7. The normalized spacial score (nSPS) is 18.2. The Kier molecular flexibility index (Phi) is 6.59. The fourth-order valence-electron chi connectivity index (χ4n) is 3.67. The Morgan fingerprint density at radius 2 is 1.68 bits per heavy atom. The SMILES string of the molecule is CC(C)([C@H]1CCN(c2cnc(C(F)(F)F)nc2)C(=O)C1)S(=O)(=O)c1cccc(OC(F)(F)F)c1. The molecule has 34 heavy (non-hydrogen) atoms. The van der Waals surface area contributed by atoms with Crippen molar-refractivity contribution in [1.29, 1.82) is 0 Å². The van der Waals surface area contributed by atoms with E-state index in [1.54, 1.807) is 0 Å². The molecular formula is C20H19F6N3O4S. The first-order valence-corrected chi connectivity index (χ1v) is 11.3. The van der Waals surface area contributed by atoms with E-state index in [0.29, 0.717) is 0 Å². The molecule has 1 aromatic heterocycles. The second-order valence-electron chi connectivity index (χ2n) is 8.13. The highest BCUT2D eigenvalue weighted by Crippen LogP contribution is 2.40. The molecule has 2 aromatic rings. The van der Waals surface area contributed by atoms with Crippen LogP contribution in [0.2, 0.25) is 0 Å². The van der Waals surface area contributed by atoms with Gasteiger partial charge in [-0.3, -0.25) is 4.79 Å². The summed E-state index contributed by atoms with van der Waals surface area (Å²) < 4.78 is 104. The van der Waals surface area contributed by atoms with Gasteiger partial charge in [0.2, 0.25) is 11.7 Å². The molecule has 0 spiro atoms. The van der Waals surface area contributed by atoms with Crippen LogP contribution in [-0.2, 0) is 20.8 Å². The molecule has 1 atom stereocenters. The Morgan fingerprint density at radius 1 is 1.06 bits per heavy atom. The summed E-state index contributed by atoms with van der Waals surface area (Å²) in [6.45, 7) is 2.73. The van der Waals surface area contributed by atoms with Gasteiger partial charge in [0, 0.05) is 13.0 Å². The van der Waals surface area contributed by atoms with Crippen LogP contribution in [0.4, 0.5) is 32.0 Å². The van der Waals surface area contributed by atoms with Gasteiger partial charge in [0.1, 0.15) is 5.75 Å². The summed E-state index contributed by atoms with van der Waals surface area (Å²) in [6.07, 6.45) is -8.11. The molecule has 0 N–H and O–H groups in total. The van der Waals surface area contributed by atoms with Crippen molar-refractivity contribution < 1.29 is 44.3 Å². The number of hydrogen-bond donors (Lipinski definition) is 0. The minimum atomic E-state index is -5.00. The zero-order chi connectivity index (χ0) is 25.5. The number of aromatic nitrogens is 2. The van der Waals surface area contributed by atoms with Crippen LogP contribution in [-0.4, -0.2) is 41.9 Å². The molecule has 7 nitrogen and oxygen atoms in total. The van der Waals surface area contributed by atoms with Gasteiger partial charge in [-0.15, -0.1) is 13.2 Å². The van der Waals surface area contributed by atoms with Gasteiger partial charge in [-0.05, 0) is 44.4 Å². The number of amides is 1. The highest BCUT2D eigenvalue weighted by molar-refractivity contribution is 7.92. The minimum absolute atomic E-state index is 0.00556. The third-order valence-corrected chi connectivity index (χ3v) is 8.24. The molecule has 1 fully saturated rings. The van der Waals surface area contributed by atoms with Crippen molar-refractivity contribution in [1.82, 2.24) is 9.97 Å². The summed E-state index contributed by atoms with van der Waals surface area (Å²) in [4.78, 5) is 19.9. The largest absolute Gasteiger partial charge is 0.573 e. The number of ether oxygens (including phenoxy) is 1. The molecule has 1 aromatic carbocycles. The first-order chi connectivity index (χ1) is 15.5. The Hall–Kier alpha value is -2.90. The van der Waals surface area contributed by atoms with E-state index < -0.39 is 55.4 Å². The van der Waals surface area contributed by atoms with E-state index in [-0.39, 0.29) is 25.1 Å². The van der Waals surface area contributed by atoms with Crippen LogP contribution in [0.1, 0.15) is 32.5 Å². The summed E-state index contributed by atoms with van der Waals surface area (Å²) in [5.41, 5.74) is 0.0362. The number of carbonyl (C=O) groups excluding carboxylic acids is 1. The molecule has 14 heteroatoms. The maximum absolute atomic E-state index is 13.3. The number of rotatable bonds is 5. The number of halogens is 6. The second kappa shape index (κ2) is 8.71. The number of hydrogen-bond acceptors (Lipinski definition) is 6. The molecule has 0 radical (unpaired) electrons. The molecule has 1 saturated heterocycles. The fourth-order valence-corrected chi connectivity index (χ4v) is 5.44. The summed E-state index contributed by atoms with van der Waals surface area (Å²) in [7, 11) is -4.21. The van der Waals surface area contributed by atoms with Crippen molar-refractivity contribution in [2.45, 2.75) is 48.9 Å². The zero-order valence-corrected chi connectivity index (χ0v) is 18.6. The van der Waals surface area contributed by atoms with E-state index in [1.165, 1.54) is 13.8 Å². The van der Waals surface area contributed by atoms with Gasteiger partial charge < -0.3 is 9.64 Å². The lowest BCUT2D eigenvalue weighted by molar-refractivity contribution is -0.274. The monoisotopic (exact) mass is 511 g/mol. The van der Waals surface area contributed by atoms with Crippen molar-refractivity contribution in [3.8, 4) is 5.75 Å². The number of alkyl halides is 6. The van der Waals surface area contributed by atoms with E-state index in [1.807, 2.05) is 0 Å². The van der Waals surface area contributed by atoms with Gasteiger partial charge in [0.15, 0.2) is 9.84 Å². The van der Waals surface area contributed by atoms with Gasteiger partial charge in [0.25, 0.3) is 0 Å². The number of nitrogens with zero attached hydrogens (tertiary/aromatic N) is 3. The van der Waals surface area contributed by atoms with Crippen LogP contribution in [0.5, 0.6) is 5.75 Å². The molecule has 0 unspecified atom stereocenters. The van der Waals surface area contributed by atoms with Crippen LogP contribution in [0.25, 0.3) is 0 Å². The summed E-state index contributed by atoms with van der Waals surface area (Å²) >= 11 is 0. The van der Waals surface area contributed by atoms with Gasteiger partial charge in [0.05, 0.1) is 27.7 Å². The third kappa shape index (κ3) is 5.26. The van der Waals surface area contributed by atoms with E-state index in [9.17, 15) is 39.6 Å². The fraction of sp³-hybridized carbons (Fsp3) is 0.450. The molecule has 186 valence electrons. The van der Waals surface area contributed by atoms with Crippen molar-refractivity contribution >= 4 is 21.4 Å². The predicted molar refractivity (Wildman–Crippen MR) is 107 cm³/mol. The van der Waals surface area contributed by atoms with Gasteiger partial charge in [-0.1, -0.05) is 6.07 Å². The Morgan fingerprint density at radius 3 is 2.21 bits per heavy atom. The van der Waals surface area contributed by atoms with Gasteiger partial charge in [-0.2, -0.15) is 13.2 Å².